The number of rotatable bonds is 19. The lowest BCUT2D eigenvalue weighted by Crippen LogP contribution is -2.70. The Morgan fingerprint density at radius 3 is 1.55 bits per heavy atom. The summed E-state index contributed by atoms with van der Waals surface area (Å²) < 4.78 is 39.9. The van der Waals surface area contributed by atoms with Crippen molar-refractivity contribution < 1.29 is 33.2 Å². The maximum Gasteiger partial charge on any atom is 0.355 e. The lowest BCUT2D eigenvalue weighted by molar-refractivity contribution is -0.289. The Labute approximate surface area is 324 Å². The number of esters is 1. The lowest BCUT2D eigenvalue weighted by atomic mass is 9.78. The van der Waals surface area contributed by atoms with Gasteiger partial charge in [-0.2, -0.15) is 0 Å². The number of methoxy groups -OCH3 is 1. The van der Waals surface area contributed by atoms with E-state index in [1.165, 1.54) is 7.11 Å². The Morgan fingerprint density at radius 1 is 0.636 bits per heavy atom. The van der Waals surface area contributed by atoms with Crippen molar-refractivity contribution in [2.45, 2.75) is 69.4 Å². The summed E-state index contributed by atoms with van der Waals surface area (Å²) >= 11 is 0. The minimum Gasteiger partial charge on any atom is -0.464 e. The van der Waals surface area contributed by atoms with Crippen molar-refractivity contribution in [3.8, 4) is 0 Å². The standard InChI is InChI=1S/C47H49NO7/c1-3-29-47(44(46(49)50-2)48-30-36-19-9-4-10-20-36)45(54-34-40-27-17-8-18-28-40)43(53-33-39-25-15-7-16-26-39)42(52-32-38-23-13-6-14-24-38)41(55-47)35-51-31-37-21-11-5-12-22-37/h3-28,41-43,45H,1,29-35H2,2H3/b48-44+/t41-,42-,43+,45-,47+/m1/s1. The molecule has 0 N–H and O–H groups in total. The zero-order valence-corrected chi connectivity index (χ0v) is 31.3. The van der Waals surface area contributed by atoms with E-state index in [0.29, 0.717) is 6.61 Å². The largest absolute Gasteiger partial charge is 0.464 e. The van der Waals surface area contributed by atoms with E-state index in [1.807, 2.05) is 152 Å². The number of nitrogens with zero attached hydrogens (tertiary/aromatic N) is 1. The molecule has 0 aromatic heterocycles. The minimum absolute atomic E-state index is 0.0692. The summed E-state index contributed by atoms with van der Waals surface area (Å²) in [4.78, 5) is 19.1. The van der Waals surface area contributed by atoms with Gasteiger partial charge in [0, 0.05) is 6.42 Å². The first-order valence-electron chi connectivity index (χ1n) is 18.6. The van der Waals surface area contributed by atoms with Crippen LogP contribution in [0.3, 0.4) is 0 Å². The second kappa shape index (κ2) is 20.5. The molecule has 0 unspecified atom stereocenters. The number of hydrogen-bond acceptors (Lipinski definition) is 8. The molecule has 0 saturated carbocycles. The average Bonchev–Trinajstić information content (AvgIpc) is 3.24. The van der Waals surface area contributed by atoms with E-state index in [0.717, 1.165) is 27.8 Å². The summed E-state index contributed by atoms with van der Waals surface area (Å²) in [7, 11) is 1.35. The van der Waals surface area contributed by atoms with Crippen molar-refractivity contribution in [3.63, 3.8) is 0 Å². The molecule has 1 aliphatic rings. The number of carbonyl (C=O) groups is 1. The van der Waals surface area contributed by atoms with E-state index in [4.69, 9.17) is 33.4 Å². The molecule has 55 heavy (non-hydrogen) atoms. The first-order valence-corrected chi connectivity index (χ1v) is 18.6. The van der Waals surface area contributed by atoms with E-state index >= 15 is 0 Å². The highest BCUT2D eigenvalue weighted by Crippen LogP contribution is 2.41. The first-order chi connectivity index (χ1) is 27.1. The van der Waals surface area contributed by atoms with Crippen LogP contribution in [-0.4, -0.2) is 55.4 Å². The topological polar surface area (TPSA) is 84.8 Å². The Balaban J connectivity index is 1.47. The van der Waals surface area contributed by atoms with Crippen LogP contribution in [0, 0.1) is 0 Å². The quantitative estimate of drug-likeness (QED) is 0.0477. The van der Waals surface area contributed by atoms with Crippen LogP contribution in [0.5, 0.6) is 0 Å². The van der Waals surface area contributed by atoms with Gasteiger partial charge < -0.3 is 28.4 Å². The maximum absolute atomic E-state index is 14.1. The minimum atomic E-state index is -1.52. The van der Waals surface area contributed by atoms with Crippen LogP contribution in [0.1, 0.15) is 34.2 Å². The molecule has 8 nitrogen and oxygen atoms in total. The summed E-state index contributed by atoms with van der Waals surface area (Å²) in [6, 6.07) is 49.5. The molecule has 0 spiro atoms. The summed E-state index contributed by atoms with van der Waals surface area (Å²) in [5.74, 6) is -0.638. The zero-order valence-electron chi connectivity index (χ0n) is 31.3. The van der Waals surface area contributed by atoms with Gasteiger partial charge >= 0.3 is 5.97 Å². The van der Waals surface area contributed by atoms with Crippen LogP contribution in [-0.2, 0) is 66.2 Å². The number of carbonyl (C=O) groups excluding carboxylic acids is 1. The summed E-state index contributed by atoms with van der Waals surface area (Å²) in [6.45, 7) is 5.53. The highest BCUT2D eigenvalue weighted by atomic mass is 16.6. The third-order valence-corrected chi connectivity index (χ3v) is 9.54. The van der Waals surface area contributed by atoms with E-state index in [9.17, 15) is 4.79 Å². The predicted molar refractivity (Wildman–Crippen MR) is 213 cm³/mol. The van der Waals surface area contributed by atoms with Gasteiger partial charge in [-0.05, 0) is 27.8 Å². The Morgan fingerprint density at radius 2 is 1.07 bits per heavy atom. The molecule has 1 heterocycles. The van der Waals surface area contributed by atoms with E-state index in [2.05, 4.69) is 6.58 Å². The van der Waals surface area contributed by atoms with Gasteiger partial charge in [-0.15, -0.1) is 6.58 Å². The van der Waals surface area contributed by atoms with Gasteiger partial charge in [0.25, 0.3) is 0 Å². The number of ether oxygens (including phenoxy) is 6. The van der Waals surface area contributed by atoms with E-state index in [1.54, 1.807) is 6.08 Å². The molecule has 284 valence electrons. The molecule has 5 atom stereocenters. The summed E-state index contributed by atoms with van der Waals surface area (Å²) in [6.07, 6.45) is -1.27. The van der Waals surface area contributed by atoms with Crippen LogP contribution in [0.4, 0.5) is 0 Å². The molecule has 8 heteroatoms. The van der Waals surface area contributed by atoms with Gasteiger partial charge in [0.15, 0.2) is 5.71 Å². The molecule has 0 radical (unpaired) electrons. The molecule has 0 amide bonds. The second-order valence-corrected chi connectivity index (χ2v) is 13.4. The zero-order chi connectivity index (χ0) is 38.1. The van der Waals surface area contributed by atoms with Gasteiger partial charge in [-0.25, -0.2) is 4.79 Å². The second-order valence-electron chi connectivity index (χ2n) is 13.4. The van der Waals surface area contributed by atoms with Crippen molar-refractivity contribution in [2.75, 3.05) is 13.7 Å². The Bertz CT molecular complexity index is 1910. The van der Waals surface area contributed by atoms with Crippen LogP contribution in [0.2, 0.25) is 0 Å². The molecular weight excluding hydrogens is 691 g/mol. The van der Waals surface area contributed by atoms with Crippen LogP contribution in [0.25, 0.3) is 0 Å². The highest BCUT2D eigenvalue weighted by molar-refractivity contribution is 6.40. The lowest BCUT2D eigenvalue weighted by Gasteiger charge is -2.52. The Hall–Kier alpha value is -5.22. The van der Waals surface area contributed by atoms with E-state index < -0.39 is 36.0 Å². The third kappa shape index (κ3) is 10.7. The Kier molecular flexibility index (Phi) is 14.7. The van der Waals surface area contributed by atoms with Gasteiger partial charge in [0.2, 0.25) is 0 Å². The molecule has 1 saturated heterocycles. The predicted octanol–water partition coefficient (Wildman–Crippen LogP) is 8.49. The summed E-state index contributed by atoms with van der Waals surface area (Å²) in [5.41, 5.74) is 3.37. The molecule has 0 aliphatic carbocycles. The highest BCUT2D eigenvalue weighted by Gasteiger charge is 2.60. The third-order valence-electron chi connectivity index (χ3n) is 9.54. The van der Waals surface area contributed by atoms with Crippen molar-refractivity contribution in [3.05, 3.63) is 192 Å². The fourth-order valence-electron chi connectivity index (χ4n) is 6.84. The van der Waals surface area contributed by atoms with Crippen molar-refractivity contribution >= 4 is 11.7 Å². The number of benzene rings is 5. The normalized spacial score (nSPS) is 21.1. The molecule has 5 aromatic carbocycles. The summed E-state index contributed by atoms with van der Waals surface area (Å²) in [5, 5.41) is 0. The van der Waals surface area contributed by atoms with Crippen molar-refractivity contribution in [1.82, 2.24) is 0 Å². The molecule has 1 aliphatic heterocycles. The van der Waals surface area contributed by atoms with Crippen molar-refractivity contribution in [1.29, 1.82) is 0 Å². The van der Waals surface area contributed by atoms with E-state index in [-0.39, 0.29) is 45.1 Å². The smallest absolute Gasteiger partial charge is 0.355 e. The van der Waals surface area contributed by atoms with Gasteiger partial charge in [-0.3, -0.25) is 4.99 Å². The monoisotopic (exact) mass is 739 g/mol. The fourth-order valence-corrected chi connectivity index (χ4v) is 6.84. The molecule has 5 aromatic rings. The van der Waals surface area contributed by atoms with Gasteiger partial charge in [0.05, 0.1) is 46.7 Å². The number of aliphatic imine (C=N–C) groups is 1. The first kappa shape index (κ1) is 39.5. The van der Waals surface area contributed by atoms with Crippen LogP contribution in [0.15, 0.2) is 169 Å². The van der Waals surface area contributed by atoms with Gasteiger partial charge in [0.1, 0.15) is 30.0 Å². The van der Waals surface area contributed by atoms with Crippen LogP contribution >= 0.6 is 0 Å². The molecular formula is C47H49NO7. The molecule has 1 fully saturated rings. The van der Waals surface area contributed by atoms with Crippen molar-refractivity contribution in [2.24, 2.45) is 4.99 Å². The molecule has 0 bridgehead atoms. The molecule has 6 rings (SSSR count). The number of hydrogen-bond donors (Lipinski definition) is 0. The van der Waals surface area contributed by atoms with Crippen LogP contribution < -0.4 is 0 Å². The average molecular weight is 740 g/mol. The van der Waals surface area contributed by atoms with Gasteiger partial charge in [-0.1, -0.05) is 158 Å². The fraction of sp³-hybridized carbons (Fsp3) is 0.277. The maximum atomic E-state index is 14.1. The SMILES string of the molecule is C=CC[C@@]1(/C(=N/Cc2ccccc2)C(=O)OC)O[C@H](COCc2ccccc2)[C@@H](OCc2ccccc2)[C@H](OCc2ccccc2)[C@H]1OCc1ccccc1.